The Kier molecular flexibility index (Phi) is 4.94. The standard InChI is InChI=1S/C16H27NO/c1-13-7-6-8-14(11-13)15(2,3)12-17-16(4,5)9-10-18/h6-8,11,17-18H,9-10,12H2,1-5H3. The normalized spacial score (nSPS) is 12.8. The lowest BCUT2D eigenvalue weighted by Crippen LogP contribution is -2.46. The highest BCUT2D eigenvalue weighted by Gasteiger charge is 2.24. The number of hydrogen-bond acceptors (Lipinski definition) is 2. The van der Waals surface area contributed by atoms with Crippen molar-refractivity contribution < 1.29 is 5.11 Å². The van der Waals surface area contributed by atoms with E-state index in [1.54, 1.807) is 0 Å². The summed E-state index contributed by atoms with van der Waals surface area (Å²) < 4.78 is 0. The van der Waals surface area contributed by atoms with Crippen LogP contribution in [0.1, 0.15) is 45.2 Å². The van der Waals surface area contributed by atoms with E-state index in [1.165, 1.54) is 11.1 Å². The van der Waals surface area contributed by atoms with Gasteiger partial charge < -0.3 is 10.4 Å². The number of aliphatic hydroxyl groups is 1. The summed E-state index contributed by atoms with van der Waals surface area (Å²) >= 11 is 0. The lowest BCUT2D eigenvalue weighted by atomic mass is 9.83. The van der Waals surface area contributed by atoms with E-state index in [9.17, 15) is 0 Å². The van der Waals surface area contributed by atoms with Crippen molar-refractivity contribution in [1.29, 1.82) is 0 Å². The number of benzene rings is 1. The van der Waals surface area contributed by atoms with Gasteiger partial charge in [-0.25, -0.2) is 0 Å². The van der Waals surface area contributed by atoms with Crippen molar-refractivity contribution in [2.24, 2.45) is 0 Å². The maximum absolute atomic E-state index is 9.04. The van der Waals surface area contributed by atoms with Gasteiger partial charge in [0, 0.05) is 24.1 Å². The van der Waals surface area contributed by atoms with Gasteiger partial charge in [-0.1, -0.05) is 43.7 Å². The maximum Gasteiger partial charge on any atom is 0.0448 e. The van der Waals surface area contributed by atoms with Crippen LogP contribution in [0.3, 0.4) is 0 Å². The zero-order valence-electron chi connectivity index (χ0n) is 12.4. The van der Waals surface area contributed by atoms with E-state index in [0.29, 0.717) is 0 Å². The Bertz CT molecular complexity index is 382. The van der Waals surface area contributed by atoms with Crippen molar-refractivity contribution in [1.82, 2.24) is 5.32 Å². The Balaban J connectivity index is 2.70. The molecule has 102 valence electrons. The molecule has 2 N–H and O–H groups in total. The topological polar surface area (TPSA) is 32.3 Å². The van der Waals surface area contributed by atoms with Crippen LogP contribution in [0.25, 0.3) is 0 Å². The van der Waals surface area contributed by atoms with E-state index >= 15 is 0 Å². The summed E-state index contributed by atoms with van der Waals surface area (Å²) in [4.78, 5) is 0. The van der Waals surface area contributed by atoms with Gasteiger partial charge in [0.05, 0.1) is 0 Å². The second kappa shape index (κ2) is 5.85. The summed E-state index contributed by atoms with van der Waals surface area (Å²) in [5, 5.41) is 12.6. The zero-order valence-corrected chi connectivity index (χ0v) is 12.4. The quantitative estimate of drug-likeness (QED) is 0.812. The first-order valence-electron chi connectivity index (χ1n) is 6.70. The molecule has 0 heterocycles. The highest BCUT2D eigenvalue weighted by atomic mass is 16.3. The van der Waals surface area contributed by atoms with Crippen LogP contribution < -0.4 is 5.32 Å². The fourth-order valence-electron chi connectivity index (χ4n) is 2.00. The lowest BCUT2D eigenvalue weighted by molar-refractivity contribution is 0.223. The van der Waals surface area contributed by atoms with Gasteiger partial charge in [-0.3, -0.25) is 0 Å². The molecule has 0 saturated heterocycles. The molecule has 1 rings (SSSR count). The molecule has 1 aromatic rings. The first kappa shape index (κ1) is 15.2. The summed E-state index contributed by atoms with van der Waals surface area (Å²) in [6.45, 7) is 12.0. The summed E-state index contributed by atoms with van der Waals surface area (Å²) in [5.41, 5.74) is 2.74. The van der Waals surface area contributed by atoms with E-state index in [4.69, 9.17) is 5.11 Å². The fourth-order valence-corrected chi connectivity index (χ4v) is 2.00. The molecule has 0 atom stereocenters. The molecule has 0 fully saturated rings. The summed E-state index contributed by atoms with van der Waals surface area (Å²) in [6, 6.07) is 8.68. The third-order valence-corrected chi connectivity index (χ3v) is 3.55. The van der Waals surface area contributed by atoms with E-state index in [1.807, 2.05) is 0 Å². The van der Waals surface area contributed by atoms with E-state index in [-0.39, 0.29) is 17.6 Å². The molecule has 0 aromatic heterocycles. The third kappa shape index (κ3) is 4.43. The summed E-state index contributed by atoms with van der Waals surface area (Å²) in [6.07, 6.45) is 0.775. The van der Waals surface area contributed by atoms with Crippen molar-refractivity contribution in [3.8, 4) is 0 Å². The maximum atomic E-state index is 9.04. The zero-order chi connectivity index (χ0) is 13.8. The predicted molar refractivity (Wildman–Crippen MR) is 78.0 cm³/mol. The number of hydrogen-bond donors (Lipinski definition) is 2. The number of nitrogens with one attached hydrogen (secondary N) is 1. The molecular weight excluding hydrogens is 222 g/mol. The summed E-state index contributed by atoms with van der Waals surface area (Å²) in [7, 11) is 0. The molecule has 2 nitrogen and oxygen atoms in total. The second-order valence-electron chi connectivity index (χ2n) is 6.46. The highest BCUT2D eigenvalue weighted by Crippen LogP contribution is 2.24. The van der Waals surface area contributed by atoms with Gasteiger partial charge in [0.1, 0.15) is 0 Å². The van der Waals surface area contributed by atoms with E-state index in [2.05, 4.69) is 64.2 Å². The van der Waals surface area contributed by atoms with Crippen molar-refractivity contribution in [2.75, 3.05) is 13.2 Å². The SMILES string of the molecule is Cc1cccc(C(C)(C)CNC(C)(C)CCO)c1. The van der Waals surface area contributed by atoms with Gasteiger partial charge in [0.15, 0.2) is 0 Å². The molecule has 0 radical (unpaired) electrons. The van der Waals surface area contributed by atoms with Crippen LogP contribution in [0.2, 0.25) is 0 Å². The smallest absolute Gasteiger partial charge is 0.0448 e. The Labute approximate surface area is 111 Å². The van der Waals surface area contributed by atoms with Gasteiger partial charge >= 0.3 is 0 Å². The van der Waals surface area contributed by atoms with Crippen molar-refractivity contribution in [2.45, 2.75) is 52.0 Å². The molecule has 18 heavy (non-hydrogen) atoms. The molecule has 0 spiro atoms. The Morgan fingerprint density at radius 3 is 2.39 bits per heavy atom. The third-order valence-electron chi connectivity index (χ3n) is 3.55. The monoisotopic (exact) mass is 249 g/mol. The largest absolute Gasteiger partial charge is 0.396 e. The molecule has 0 saturated carbocycles. The van der Waals surface area contributed by atoms with E-state index in [0.717, 1.165) is 13.0 Å². The molecular formula is C16H27NO. The van der Waals surface area contributed by atoms with Crippen molar-refractivity contribution in [3.63, 3.8) is 0 Å². The number of rotatable bonds is 6. The van der Waals surface area contributed by atoms with Gasteiger partial charge in [-0.2, -0.15) is 0 Å². The van der Waals surface area contributed by atoms with Gasteiger partial charge in [0.2, 0.25) is 0 Å². The Morgan fingerprint density at radius 2 is 1.83 bits per heavy atom. The molecule has 0 aliphatic carbocycles. The van der Waals surface area contributed by atoms with Crippen LogP contribution in [0.4, 0.5) is 0 Å². The molecule has 0 unspecified atom stereocenters. The van der Waals surface area contributed by atoms with Crippen LogP contribution in [-0.4, -0.2) is 23.8 Å². The second-order valence-corrected chi connectivity index (χ2v) is 6.46. The minimum absolute atomic E-state index is 0.0180. The van der Waals surface area contributed by atoms with Crippen LogP contribution in [-0.2, 0) is 5.41 Å². The molecule has 0 aliphatic rings. The minimum atomic E-state index is -0.0180. The average Bonchev–Trinajstić information content (AvgIpc) is 2.27. The van der Waals surface area contributed by atoms with Crippen LogP contribution in [0.15, 0.2) is 24.3 Å². The van der Waals surface area contributed by atoms with Crippen molar-refractivity contribution >= 4 is 0 Å². The molecule has 0 aliphatic heterocycles. The number of aryl methyl sites for hydroxylation is 1. The molecule has 0 bridgehead atoms. The molecule has 0 amide bonds. The molecule has 1 aromatic carbocycles. The Morgan fingerprint density at radius 1 is 1.17 bits per heavy atom. The predicted octanol–water partition coefficient (Wildman–Crippen LogP) is 3.02. The minimum Gasteiger partial charge on any atom is -0.396 e. The van der Waals surface area contributed by atoms with Gasteiger partial charge in [-0.15, -0.1) is 0 Å². The Hall–Kier alpha value is -0.860. The van der Waals surface area contributed by atoms with Crippen LogP contribution in [0, 0.1) is 6.92 Å². The van der Waals surface area contributed by atoms with Crippen molar-refractivity contribution in [3.05, 3.63) is 35.4 Å². The molecule has 2 heteroatoms. The highest BCUT2D eigenvalue weighted by molar-refractivity contribution is 5.28. The van der Waals surface area contributed by atoms with Gasteiger partial charge in [0.25, 0.3) is 0 Å². The average molecular weight is 249 g/mol. The van der Waals surface area contributed by atoms with E-state index < -0.39 is 0 Å². The van der Waals surface area contributed by atoms with Gasteiger partial charge in [-0.05, 0) is 32.8 Å². The van der Waals surface area contributed by atoms with Crippen LogP contribution >= 0.6 is 0 Å². The lowest BCUT2D eigenvalue weighted by Gasteiger charge is -2.33. The summed E-state index contributed by atoms with van der Waals surface area (Å²) in [5.74, 6) is 0. The fraction of sp³-hybridized carbons (Fsp3) is 0.625. The first-order chi connectivity index (χ1) is 8.27. The van der Waals surface area contributed by atoms with Crippen LogP contribution in [0.5, 0.6) is 0 Å². The number of aliphatic hydroxyl groups excluding tert-OH is 1. The first-order valence-corrected chi connectivity index (χ1v) is 6.70.